The zero-order valence-electron chi connectivity index (χ0n) is 11.3. The van der Waals surface area contributed by atoms with E-state index in [4.69, 9.17) is 5.73 Å². The minimum atomic E-state index is 0. The van der Waals surface area contributed by atoms with E-state index in [9.17, 15) is 4.79 Å². The lowest BCUT2D eigenvalue weighted by Gasteiger charge is -2.15. The van der Waals surface area contributed by atoms with Crippen LogP contribution in [-0.2, 0) is 11.2 Å². The zero-order chi connectivity index (χ0) is 13.7. The van der Waals surface area contributed by atoms with Crippen molar-refractivity contribution in [3.8, 4) is 0 Å². The van der Waals surface area contributed by atoms with Gasteiger partial charge < -0.3 is 11.1 Å². The average Bonchev–Trinajstić information content (AvgIpc) is 2.92. The van der Waals surface area contributed by atoms with Crippen LogP contribution in [0.5, 0.6) is 0 Å². The van der Waals surface area contributed by atoms with Crippen LogP contribution in [-0.4, -0.2) is 5.91 Å². The molecule has 0 saturated heterocycles. The number of hydrogen-bond donors (Lipinski definition) is 2. The molecule has 1 amide bonds. The Morgan fingerprint density at radius 2 is 2.00 bits per heavy atom. The van der Waals surface area contributed by atoms with Gasteiger partial charge in [0.25, 0.3) is 0 Å². The molecule has 5 heteroatoms. The van der Waals surface area contributed by atoms with Gasteiger partial charge in [-0.1, -0.05) is 25.1 Å². The number of carbonyl (C=O) groups is 1. The Kier molecular flexibility index (Phi) is 6.55. The summed E-state index contributed by atoms with van der Waals surface area (Å²) in [5.74, 6) is 0.0463. The molecule has 0 bridgehead atoms. The van der Waals surface area contributed by atoms with Gasteiger partial charge in [0.05, 0.1) is 12.5 Å². The first-order valence-electron chi connectivity index (χ1n) is 6.36. The second-order valence-electron chi connectivity index (χ2n) is 4.46. The number of nitrogens with one attached hydrogen (secondary N) is 1. The Morgan fingerprint density at radius 3 is 2.55 bits per heavy atom. The summed E-state index contributed by atoms with van der Waals surface area (Å²) in [5, 5.41) is 5.10. The van der Waals surface area contributed by atoms with E-state index in [0.717, 1.165) is 12.0 Å². The van der Waals surface area contributed by atoms with E-state index in [2.05, 4.69) is 18.3 Å². The molecule has 0 saturated carbocycles. The topological polar surface area (TPSA) is 55.1 Å². The third-order valence-corrected chi connectivity index (χ3v) is 3.96. The molecule has 1 heterocycles. The molecule has 0 fully saturated rings. The van der Waals surface area contributed by atoms with Crippen LogP contribution in [0.2, 0.25) is 0 Å². The fourth-order valence-corrected chi connectivity index (χ4v) is 2.79. The quantitative estimate of drug-likeness (QED) is 0.830. The number of nitrogens with two attached hydrogens (primary N) is 1. The molecule has 0 radical (unpaired) electrons. The molecule has 2 aromatic rings. The number of benzene rings is 1. The van der Waals surface area contributed by atoms with Crippen molar-refractivity contribution in [1.29, 1.82) is 0 Å². The Morgan fingerprint density at radius 1 is 1.30 bits per heavy atom. The summed E-state index contributed by atoms with van der Waals surface area (Å²) in [6.45, 7) is 2.08. The van der Waals surface area contributed by atoms with E-state index >= 15 is 0 Å². The van der Waals surface area contributed by atoms with Crippen molar-refractivity contribution < 1.29 is 4.79 Å². The predicted octanol–water partition coefficient (Wildman–Crippen LogP) is 3.56. The fraction of sp³-hybridized carbons (Fsp3) is 0.267. The van der Waals surface area contributed by atoms with Crippen LogP contribution in [0.4, 0.5) is 5.69 Å². The number of amides is 1. The summed E-state index contributed by atoms with van der Waals surface area (Å²) in [7, 11) is 0. The molecule has 0 aliphatic heterocycles. The van der Waals surface area contributed by atoms with Crippen LogP contribution in [0.15, 0.2) is 41.8 Å². The van der Waals surface area contributed by atoms with Gasteiger partial charge >= 0.3 is 0 Å². The monoisotopic (exact) mass is 310 g/mol. The number of halogens is 1. The van der Waals surface area contributed by atoms with E-state index < -0.39 is 0 Å². The van der Waals surface area contributed by atoms with Gasteiger partial charge in [0.2, 0.25) is 5.91 Å². The minimum absolute atomic E-state index is 0. The van der Waals surface area contributed by atoms with E-state index in [1.54, 1.807) is 11.3 Å². The van der Waals surface area contributed by atoms with Crippen LogP contribution in [0.1, 0.15) is 29.8 Å². The van der Waals surface area contributed by atoms with Crippen molar-refractivity contribution in [1.82, 2.24) is 5.32 Å². The van der Waals surface area contributed by atoms with Gasteiger partial charge in [-0.05, 0) is 35.6 Å². The van der Waals surface area contributed by atoms with Gasteiger partial charge in [0.1, 0.15) is 0 Å². The maximum Gasteiger partial charge on any atom is 0.224 e. The maximum atomic E-state index is 12.0. The largest absolute Gasteiger partial charge is 0.399 e. The Balaban J connectivity index is 0.00000200. The van der Waals surface area contributed by atoms with Gasteiger partial charge in [-0.3, -0.25) is 4.79 Å². The van der Waals surface area contributed by atoms with Crippen molar-refractivity contribution in [2.45, 2.75) is 25.8 Å². The highest BCUT2D eigenvalue weighted by molar-refractivity contribution is 7.10. The summed E-state index contributed by atoms with van der Waals surface area (Å²) >= 11 is 1.67. The molecular weight excluding hydrogens is 292 g/mol. The number of thiophene rings is 1. The van der Waals surface area contributed by atoms with Crippen molar-refractivity contribution in [2.24, 2.45) is 0 Å². The number of hydrogen-bond acceptors (Lipinski definition) is 3. The molecule has 3 N–H and O–H groups in total. The van der Waals surface area contributed by atoms with Crippen LogP contribution in [0.3, 0.4) is 0 Å². The Labute approximate surface area is 129 Å². The number of anilines is 1. The van der Waals surface area contributed by atoms with Crippen LogP contribution in [0.25, 0.3) is 0 Å². The molecule has 20 heavy (non-hydrogen) atoms. The summed E-state index contributed by atoms with van der Waals surface area (Å²) in [6, 6.07) is 11.6. The third kappa shape index (κ3) is 4.54. The lowest BCUT2D eigenvalue weighted by atomic mass is 10.1. The van der Waals surface area contributed by atoms with Crippen molar-refractivity contribution in [3.63, 3.8) is 0 Å². The molecule has 1 unspecified atom stereocenters. The molecule has 108 valence electrons. The van der Waals surface area contributed by atoms with Gasteiger partial charge in [0, 0.05) is 10.6 Å². The first-order valence-corrected chi connectivity index (χ1v) is 7.24. The first-order chi connectivity index (χ1) is 9.19. The predicted molar refractivity (Wildman–Crippen MR) is 87.3 cm³/mol. The smallest absolute Gasteiger partial charge is 0.224 e. The van der Waals surface area contributed by atoms with E-state index in [1.807, 2.05) is 35.7 Å². The standard InChI is InChI=1S/C15H18N2OS.ClH/c1-2-13(14-4-3-9-19-14)17-15(18)10-11-5-7-12(16)8-6-11;/h3-9,13H,2,10,16H2,1H3,(H,17,18);1H. The highest BCUT2D eigenvalue weighted by Crippen LogP contribution is 2.21. The van der Waals surface area contributed by atoms with Gasteiger partial charge in [-0.15, -0.1) is 23.7 Å². The minimum Gasteiger partial charge on any atom is -0.399 e. The Bertz CT molecular complexity index is 525. The zero-order valence-corrected chi connectivity index (χ0v) is 13.0. The third-order valence-electron chi connectivity index (χ3n) is 2.97. The van der Waals surface area contributed by atoms with Gasteiger partial charge in [-0.2, -0.15) is 0 Å². The number of carbonyl (C=O) groups excluding carboxylic acids is 1. The lowest BCUT2D eigenvalue weighted by molar-refractivity contribution is -0.121. The normalized spacial score (nSPS) is 11.4. The molecule has 1 aromatic carbocycles. The van der Waals surface area contributed by atoms with Crippen molar-refractivity contribution >= 4 is 35.3 Å². The van der Waals surface area contributed by atoms with Gasteiger partial charge in [0.15, 0.2) is 0 Å². The van der Waals surface area contributed by atoms with Crippen LogP contribution >= 0.6 is 23.7 Å². The average molecular weight is 311 g/mol. The molecule has 1 aromatic heterocycles. The molecule has 0 aliphatic carbocycles. The van der Waals surface area contributed by atoms with Crippen molar-refractivity contribution in [3.05, 3.63) is 52.2 Å². The van der Waals surface area contributed by atoms with Crippen LogP contribution in [0, 0.1) is 0 Å². The molecule has 0 aliphatic rings. The lowest BCUT2D eigenvalue weighted by Crippen LogP contribution is -2.29. The summed E-state index contributed by atoms with van der Waals surface area (Å²) < 4.78 is 0. The summed E-state index contributed by atoms with van der Waals surface area (Å²) in [6.07, 6.45) is 1.29. The van der Waals surface area contributed by atoms with Crippen molar-refractivity contribution in [2.75, 3.05) is 5.73 Å². The first kappa shape index (κ1) is 16.5. The second-order valence-corrected chi connectivity index (χ2v) is 5.44. The molecule has 2 rings (SSSR count). The molecule has 1 atom stereocenters. The van der Waals surface area contributed by atoms with E-state index in [0.29, 0.717) is 12.1 Å². The SMILES string of the molecule is CCC(NC(=O)Cc1ccc(N)cc1)c1cccs1.Cl. The summed E-state index contributed by atoms with van der Waals surface area (Å²) in [4.78, 5) is 13.2. The maximum absolute atomic E-state index is 12.0. The molecule has 0 spiro atoms. The Hall–Kier alpha value is -1.52. The number of rotatable bonds is 5. The molecule has 3 nitrogen and oxygen atoms in total. The van der Waals surface area contributed by atoms with E-state index in [-0.39, 0.29) is 24.4 Å². The van der Waals surface area contributed by atoms with Crippen LogP contribution < -0.4 is 11.1 Å². The van der Waals surface area contributed by atoms with E-state index in [1.165, 1.54) is 4.88 Å². The highest BCUT2D eigenvalue weighted by atomic mass is 35.5. The fourth-order valence-electron chi connectivity index (χ4n) is 1.93. The number of nitrogen functional groups attached to an aromatic ring is 1. The molecular formula is C15H19ClN2OS. The second kappa shape index (κ2) is 7.92. The highest BCUT2D eigenvalue weighted by Gasteiger charge is 2.13. The van der Waals surface area contributed by atoms with Gasteiger partial charge in [-0.25, -0.2) is 0 Å². The summed E-state index contributed by atoms with van der Waals surface area (Å²) in [5.41, 5.74) is 7.32.